The SMILES string of the molecule is CC(C)N(CCN1CCC(CNCC2CC2)C1)C(=O)OC(C)(C)C. The van der Waals surface area contributed by atoms with Crippen LogP contribution in [-0.2, 0) is 4.74 Å². The molecule has 24 heavy (non-hydrogen) atoms. The van der Waals surface area contributed by atoms with Crippen LogP contribution in [0.3, 0.4) is 0 Å². The fraction of sp³-hybridized carbons (Fsp3) is 0.947. The van der Waals surface area contributed by atoms with E-state index in [0.29, 0.717) is 0 Å². The van der Waals surface area contributed by atoms with Gasteiger partial charge in [-0.25, -0.2) is 4.79 Å². The molecule has 2 rings (SSSR count). The van der Waals surface area contributed by atoms with E-state index in [-0.39, 0.29) is 12.1 Å². The summed E-state index contributed by atoms with van der Waals surface area (Å²) in [5.74, 6) is 1.72. The van der Waals surface area contributed by atoms with Crippen molar-refractivity contribution in [2.75, 3.05) is 39.3 Å². The Labute approximate surface area is 148 Å². The number of hydrogen-bond donors (Lipinski definition) is 1. The molecule has 1 saturated carbocycles. The van der Waals surface area contributed by atoms with Gasteiger partial charge in [-0.15, -0.1) is 0 Å². The number of amides is 1. The van der Waals surface area contributed by atoms with E-state index >= 15 is 0 Å². The molecule has 0 aromatic rings. The van der Waals surface area contributed by atoms with Crippen molar-refractivity contribution in [3.63, 3.8) is 0 Å². The van der Waals surface area contributed by atoms with E-state index in [0.717, 1.165) is 44.6 Å². The first-order valence-corrected chi connectivity index (χ1v) is 9.67. The lowest BCUT2D eigenvalue weighted by atomic mass is 10.1. The summed E-state index contributed by atoms with van der Waals surface area (Å²) in [6.45, 7) is 16.2. The van der Waals surface area contributed by atoms with Gasteiger partial charge in [-0.1, -0.05) is 0 Å². The van der Waals surface area contributed by atoms with Crippen LogP contribution in [0.2, 0.25) is 0 Å². The molecule has 2 fully saturated rings. The third-order valence-electron chi connectivity index (χ3n) is 4.84. The number of carbonyl (C=O) groups excluding carboxylic acids is 1. The maximum Gasteiger partial charge on any atom is 0.410 e. The number of rotatable bonds is 8. The average Bonchev–Trinajstić information content (AvgIpc) is 3.15. The van der Waals surface area contributed by atoms with Gasteiger partial charge in [0, 0.05) is 25.7 Å². The van der Waals surface area contributed by atoms with Gasteiger partial charge in [-0.3, -0.25) is 0 Å². The first-order valence-electron chi connectivity index (χ1n) is 9.67. The smallest absolute Gasteiger partial charge is 0.410 e. The normalized spacial score (nSPS) is 22.2. The molecule has 1 saturated heterocycles. The molecule has 5 heteroatoms. The summed E-state index contributed by atoms with van der Waals surface area (Å²) >= 11 is 0. The molecule has 5 nitrogen and oxygen atoms in total. The molecular weight excluding hydrogens is 302 g/mol. The Morgan fingerprint density at radius 1 is 1.21 bits per heavy atom. The van der Waals surface area contributed by atoms with E-state index < -0.39 is 5.60 Å². The topological polar surface area (TPSA) is 44.8 Å². The lowest BCUT2D eigenvalue weighted by molar-refractivity contribution is 0.0175. The van der Waals surface area contributed by atoms with E-state index in [1.165, 1.54) is 25.8 Å². The summed E-state index contributed by atoms with van der Waals surface area (Å²) in [5, 5.41) is 3.63. The first-order chi connectivity index (χ1) is 11.2. The minimum atomic E-state index is -0.434. The second-order valence-electron chi connectivity index (χ2n) is 8.82. The number of nitrogens with zero attached hydrogens (tertiary/aromatic N) is 2. The summed E-state index contributed by atoms with van der Waals surface area (Å²) in [5.41, 5.74) is -0.434. The number of nitrogens with one attached hydrogen (secondary N) is 1. The van der Waals surface area contributed by atoms with Crippen LogP contribution >= 0.6 is 0 Å². The predicted octanol–water partition coefficient (Wildman–Crippen LogP) is 2.95. The molecule has 1 atom stereocenters. The summed E-state index contributed by atoms with van der Waals surface area (Å²) in [6.07, 6.45) is 3.91. The fourth-order valence-corrected chi connectivity index (χ4v) is 3.23. The zero-order chi connectivity index (χ0) is 17.7. The van der Waals surface area contributed by atoms with E-state index in [9.17, 15) is 4.79 Å². The second-order valence-corrected chi connectivity index (χ2v) is 8.82. The summed E-state index contributed by atoms with van der Waals surface area (Å²) < 4.78 is 5.54. The van der Waals surface area contributed by atoms with Gasteiger partial charge >= 0.3 is 6.09 Å². The molecule has 1 aliphatic carbocycles. The Morgan fingerprint density at radius 2 is 1.88 bits per heavy atom. The van der Waals surface area contributed by atoms with Gasteiger partial charge in [0.15, 0.2) is 0 Å². The first kappa shape index (κ1) is 19.5. The van der Waals surface area contributed by atoms with Gasteiger partial charge in [-0.05, 0) is 85.4 Å². The van der Waals surface area contributed by atoms with Gasteiger partial charge in [0.25, 0.3) is 0 Å². The van der Waals surface area contributed by atoms with Gasteiger partial charge in [0.1, 0.15) is 5.60 Å². The van der Waals surface area contributed by atoms with Crippen molar-refractivity contribution in [3.8, 4) is 0 Å². The number of ether oxygens (including phenoxy) is 1. The maximum atomic E-state index is 12.4. The summed E-state index contributed by atoms with van der Waals surface area (Å²) in [7, 11) is 0. The molecule has 140 valence electrons. The van der Waals surface area contributed by atoms with Crippen LogP contribution in [0.5, 0.6) is 0 Å². The minimum absolute atomic E-state index is 0.165. The zero-order valence-corrected chi connectivity index (χ0v) is 16.3. The van der Waals surface area contributed by atoms with Gasteiger partial charge in [0.2, 0.25) is 0 Å². The highest BCUT2D eigenvalue weighted by Gasteiger charge is 2.27. The fourth-order valence-electron chi connectivity index (χ4n) is 3.23. The molecule has 0 radical (unpaired) electrons. The molecule has 2 aliphatic rings. The van der Waals surface area contributed by atoms with Crippen molar-refractivity contribution in [2.45, 2.75) is 65.5 Å². The van der Waals surface area contributed by atoms with Crippen molar-refractivity contribution in [1.29, 1.82) is 0 Å². The van der Waals surface area contributed by atoms with Crippen molar-refractivity contribution in [1.82, 2.24) is 15.1 Å². The highest BCUT2D eigenvalue weighted by molar-refractivity contribution is 5.68. The standard InChI is InChI=1S/C19H37N3O2/c1-15(2)22(18(23)24-19(3,4)5)11-10-21-9-8-17(14-21)13-20-12-16-6-7-16/h15-17,20H,6-14H2,1-5H3. The molecule has 0 spiro atoms. The largest absolute Gasteiger partial charge is 0.444 e. The van der Waals surface area contributed by atoms with Crippen LogP contribution in [0.1, 0.15) is 53.9 Å². The third kappa shape index (κ3) is 6.98. The molecule has 1 aliphatic heterocycles. The van der Waals surface area contributed by atoms with Crippen LogP contribution in [0.4, 0.5) is 4.79 Å². The molecular formula is C19H37N3O2. The number of carbonyl (C=O) groups is 1. The highest BCUT2D eigenvalue weighted by Crippen LogP contribution is 2.27. The Morgan fingerprint density at radius 3 is 2.46 bits per heavy atom. The Balaban J connectivity index is 1.68. The van der Waals surface area contributed by atoms with Crippen LogP contribution in [0.15, 0.2) is 0 Å². The van der Waals surface area contributed by atoms with Crippen molar-refractivity contribution in [2.24, 2.45) is 11.8 Å². The molecule has 1 amide bonds. The molecule has 1 unspecified atom stereocenters. The summed E-state index contributed by atoms with van der Waals surface area (Å²) in [4.78, 5) is 16.7. The second kappa shape index (κ2) is 8.52. The van der Waals surface area contributed by atoms with Crippen LogP contribution in [0, 0.1) is 11.8 Å². The molecule has 0 aromatic carbocycles. The Kier molecular flexibility index (Phi) is 6.93. The van der Waals surface area contributed by atoms with Crippen molar-refractivity contribution < 1.29 is 9.53 Å². The zero-order valence-electron chi connectivity index (χ0n) is 16.3. The lowest BCUT2D eigenvalue weighted by Gasteiger charge is -2.31. The molecule has 0 bridgehead atoms. The quantitative estimate of drug-likeness (QED) is 0.738. The number of hydrogen-bond acceptors (Lipinski definition) is 4. The van der Waals surface area contributed by atoms with Crippen LogP contribution < -0.4 is 5.32 Å². The average molecular weight is 340 g/mol. The van der Waals surface area contributed by atoms with Gasteiger partial charge in [-0.2, -0.15) is 0 Å². The maximum absolute atomic E-state index is 12.4. The molecule has 0 aromatic heterocycles. The molecule has 1 heterocycles. The monoisotopic (exact) mass is 339 g/mol. The van der Waals surface area contributed by atoms with Gasteiger partial charge < -0.3 is 19.9 Å². The number of likely N-dealkylation sites (tertiary alicyclic amines) is 1. The minimum Gasteiger partial charge on any atom is -0.444 e. The van der Waals surface area contributed by atoms with E-state index in [1.807, 2.05) is 25.7 Å². The predicted molar refractivity (Wildman–Crippen MR) is 98.2 cm³/mol. The van der Waals surface area contributed by atoms with Crippen LogP contribution in [0.25, 0.3) is 0 Å². The van der Waals surface area contributed by atoms with Crippen molar-refractivity contribution >= 4 is 6.09 Å². The summed E-state index contributed by atoms with van der Waals surface area (Å²) in [6, 6.07) is 0.165. The van der Waals surface area contributed by atoms with Crippen molar-refractivity contribution in [3.05, 3.63) is 0 Å². The van der Waals surface area contributed by atoms with E-state index in [2.05, 4.69) is 24.1 Å². The van der Waals surface area contributed by atoms with Gasteiger partial charge in [0.05, 0.1) is 0 Å². The van der Waals surface area contributed by atoms with E-state index in [4.69, 9.17) is 4.74 Å². The molecule has 1 N–H and O–H groups in total. The highest BCUT2D eigenvalue weighted by atomic mass is 16.6. The lowest BCUT2D eigenvalue weighted by Crippen LogP contribution is -2.44. The Bertz CT molecular complexity index is 402. The Hall–Kier alpha value is -0.810. The third-order valence-corrected chi connectivity index (χ3v) is 4.84. The van der Waals surface area contributed by atoms with E-state index in [1.54, 1.807) is 0 Å². The van der Waals surface area contributed by atoms with Crippen LogP contribution in [-0.4, -0.2) is 66.8 Å².